The summed E-state index contributed by atoms with van der Waals surface area (Å²) in [6, 6.07) is 4.34. The van der Waals surface area contributed by atoms with Crippen LogP contribution in [0.2, 0.25) is 0 Å². The Labute approximate surface area is 133 Å². The molecule has 0 amide bonds. The van der Waals surface area contributed by atoms with Crippen LogP contribution in [0.25, 0.3) is 0 Å². The summed E-state index contributed by atoms with van der Waals surface area (Å²) in [7, 11) is 0. The van der Waals surface area contributed by atoms with E-state index in [2.05, 4.69) is 28.8 Å². The van der Waals surface area contributed by atoms with Gasteiger partial charge in [-0.25, -0.2) is 0 Å². The molecule has 0 atom stereocenters. The van der Waals surface area contributed by atoms with Crippen LogP contribution in [-0.4, -0.2) is 41.6 Å². The monoisotopic (exact) mass is 329 g/mol. The maximum atomic E-state index is 12.5. The first-order valence-electron chi connectivity index (χ1n) is 7.60. The number of alkyl halides is 2. The number of non-ortho nitro benzene ring substituents is 1. The van der Waals surface area contributed by atoms with Crippen LogP contribution in [0.15, 0.2) is 18.2 Å². The Balaban J connectivity index is 2.08. The highest BCUT2D eigenvalue weighted by Crippen LogP contribution is 2.32. The summed E-state index contributed by atoms with van der Waals surface area (Å²) in [4.78, 5) is 12.5. The topological polar surface area (TPSA) is 67.6 Å². The first-order chi connectivity index (χ1) is 10.9. The Morgan fingerprint density at radius 3 is 2.52 bits per heavy atom. The maximum absolute atomic E-state index is 12.5. The fraction of sp³-hybridized carbons (Fsp3) is 0.600. The Morgan fingerprint density at radius 1 is 1.35 bits per heavy atom. The standard InChI is InChI=1S/C15H21F2N3O3/c1-10(2)19-7-5-11(6-8-19)18-13-4-3-12(20(21)22)9-14(13)23-15(16)17/h3-4,9-11,15,18H,5-8H2,1-2H3. The molecule has 1 N–H and O–H groups in total. The molecule has 2 rings (SSSR count). The van der Waals surface area contributed by atoms with Crippen LogP contribution < -0.4 is 10.1 Å². The van der Waals surface area contributed by atoms with E-state index >= 15 is 0 Å². The van der Waals surface area contributed by atoms with Crippen LogP contribution in [0.5, 0.6) is 5.75 Å². The van der Waals surface area contributed by atoms with Gasteiger partial charge < -0.3 is 15.0 Å². The Morgan fingerprint density at radius 2 is 2.00 bits per heavy atom. The number of piperidine rings is 1. The summed E-state index contributed by atoms with van der Waals surface area (Å²) in [6.45, 7) is 3.10. The zero-order valence-electron chi connectivity index (χ0n) is 13.2. The lowest BCUT2D eigenvalue weighted by Crippen LogP contribution is -2.42. The number of rotatable bonds is 6. The van der Waals surface area contributed by atoms with Gasteiger partial charge in [-0.2, -0.15) is 8.78 Å². The SMILES string of the molecule is CC(C)N1CCC(Nc2ccc([N+](=O)[O-])cc2OC(F)F)CC1. The molecule has 23 heavy (non-hydrogen) atoms. The number of nitrogens with zero attached hydrogens (tertiary/aromatic N) is 2. The van der Waals surface area contributed by atoms with Crippen molar-refractivity contribution < 1.29 is 18.4 Å². The number of anilines is 1. The van der Waals surface area contributed by atoms with Gasteiger partial charge in [-0.05, 0) is 32.8 Å². The molecule has 0 bridgehead atoms. The minimum absolute atomic E-state index is 0.131. The molecule has 0 aliphatic carbocycles. The van der Waals surface area contributed by atoms with Crippen LogP contribution >= 0.6 is 0 Å². The van der Waals surface area contributed by atoms with E-state index in [1.807, 2.05) is 0 Å². The Hall–Kier alpha value is -1.96. The van der Waals surface area contributed by atoms with Gasteiger partial charge in [0, 0.05) is 31.2 Å². The summed E-state index contributed by atoms with van der Waals surface area (Å²) in [5.74, 6) is -0.194. The molecule has 0 unspecified atom stereocenters. The highest BCUT2D eigenvalue weighted by molar-refractivity contribution is 5.61. The second-order valence-corrected chi connectivity index (χ2v) is 5.86. The molecule has 0 spiro atoms. The van der Waals surface area contributed by atoms with E-state index in [1.165, 1.54) is 12.1 Å². The number of ether oxygens (including phenoxy) is 1. The van der Waals surface area contributed by atoms with Crippen molar-refractivity contribution in [3.63, 3.8) is 0 Å². The molecule has 1 heterocycles. The first-order valence-corrected chi connectivity index (χ1v) is 7.60. The van der Waals surface area contributed by atoms with Crippen LogP contribution in [0.1, 0.15) is 26.7 Å². The number of hydrogen-bond donors (Lipinski definition) is 1. The molecule has 128 valence electrons. The Bertz CT molecular complexity index is 547. The van der Waals surface area contributed by atoms with Gasteiger partial charge in [-0.3, -0.25) is 10.1 Å². The molecule has 1 fully saturated rings. The highest BCUT2D eigenvalue weighted by Gasteiger charge is 2.23. The maximum Gasteiger partial charge on any atom is 0.387 e. The fourth-order valence-corrected chi connectivity index (χ4v) is 2.72. The second-order valence-electron chi connectivity index (χ2n) is 5.86. The van der Waals surface area contributed by atoms with E-state index in [4.69, 9.17) is 0 Å². The third-order valence-corrected chi connectivity index (χ3v) is 4.01. The number of benzene rings is 1. The molecule has 1 aliphatic rings. The van der Waals surface area contributed by atoms with Crippen molar-refractivity contribution in [1.29, 1.82) is 0 Å². The molecule has 1 aromatic carbocycles. The van der Waals surface area contributed by atoms with Gasteiger partial charge in [0.1, 0.15) is 0 Å². The van der Waals surface area contributed by atoms with Crippen LogP contribution in [0.4, 0.5) is 20.2 Å². The van der Waals surface area contributed by atoms with E-state index in [0.717, 1.165) is 32.0 Å². The summed E-state index contributed by atoms with van der Waals surface area (Å²) in [5, 5.41) is 13.9. The van der Waals surface area contributed by atoms with Crippen molar-refractivity contribution in [3.8, 4) is 5.75 Å². The van der Waals surface area contributed by atoms with Gasteiger partial charge in [0.15, 0.2) is 5.75 Å². The van der Waals surface area contributed by atoms with Crippen molar-refractivity contribution in [2.24, 2.45) is 0 Å². The van der Waals surface area contributed by atoms with Crippen molar-refractivity contribution in [1.82, 2.24) is 4.90 Å². The summed E-state index contributed by atoms with van der Waals surface area (Å²) < 4.78 is 29.5. The molecular weight excluding hydrogens is 308 g/mol. The van der Waals surface area contributed by atoms with Gasteiger partial charge in [-0.1, -0.05) is 0 Å². The molecule has 8 heteroatoms. The predicted octanol–water partition coefficient (Wildman–Crippen LogP) is 3.48. The quantitative estimate of drug-likeness (QED) is 0.639. The Kier molecular flexibility index (Phi) is 5.70. The van der Waals surface area contributed by atoms with Gasteiger partial charge in [0.05, 0.1) is 16.7 Å². The van der Waals surface area contributed by atoms with Crippen molar-refractivity contribution in [3.05, 3.63) is 28.3 Å². The number of halogens is 2. The van der Waals surface area contributed by atoms with E-state index in [0.29, 0.717) is 11.7 Å². The molecule has 6 nitrogen and oxygen atoms in total. The number of nitro benzene ring substituents is 1. The molecule has 1 aromatic rings. The minimum atomic E-state index is -3.03. The van der Waals surface area contributed by atoms with E-state index < -0.39 is 11.5 Å². The summed E-state index contributed by atoms with van der Waals surface area (Å²) in [6.07, 6.45) is 1.76. The molecule has 0 radical (unpaired) electrons. The van der Waals surface area contributed by atoms with Crippen LogP contribution in [0.3, 0.4) is 0 Å². The molecule has 0 saturated carbocycles. The third kappa shape index (κ3) is 4.75. The zero-order valence-corrected chi connectivity index (χ0v) is 13.2. The summed E-state index contributed by atoms with van der Waals surface area (Å²) in [5.41, 5.74) is 0.0831. The highest BCUT2D eigenvalue weighted by atomic mass is 19.3. The summed E-state index contributed by atoms with van der Waals surface area (Å²) >= 11 is 0. The van der Waals surface area contributed by atoms with Gasteiger partial charge in [0.25, 0.3) is 5.69 Å². The number of hydrogen-bond acceptors (Lipinski definition) is 5. The third-order valence-electron chi connectivity index (χ3n) is 4.01. The fourth-order valence-electron chi connectivity index (χ4n) is 2.72. The lowest BCUT2D eigenvalue weighted by molar-refractivity contribution is -0.385. The van der Waals surface area contributed by atoms with Crippen molar-refractivity contribution in [2.45, 2.75) is 45.4 Å². The molecular formula is C15H21F2N3O3. The van der Waals surface area contributed by atoms with Gasteiger partial charge >= 0.3 is 6.61 Å². The number of nitrogens with one attached hydrogen (secondary N) is 1. The minimum Gasteiger partial charge on any atom is -0.432 e. The molecule has 1 saturated heterocycles. The smallest absolute Gasteiger partial charge is 0.387 e. The van der Waals surface area contributed by atoms with Crippen LogP contribution in [-0.2, 0) is 0 Å². The largest absolute Gasteiger partial charge is 0.432 e. The average molecular weight is 329 g/mol. The average Bonchev–Trinajstić information content (AvgIpc) is 2.48. The van der Waals surface area contributed by atoms with Crippen molar-refractivity contribution >= 4 is 11.4 Å². The molecule has 1 aliphatic heterocycles. The van der Waals surface area contributed by atoms with E-state index in [1.54, 1.807) is 0 Å². The normalized spacial score (nSPS) is 16.8. The second kappa shape index (κ2) is 7.54. The van der Waals surface area contributed by atoms with E-state index in [9.17, 15) is 18.9 Å². The zero-order chi connectivity index (χ0) is 17.0. The number of likely N-dealkylation sites (tertiary alicyclic amines) is 1. The lowest BCUT2D eigenvalue weighted by Gasteiger charge is -2.35. The predicted molar refractivity (Wildman–Crippen MR) is 83.1 cm³/mol. The van der Waals surface area contributed by atoms with Crippen LogP contribution in [0, 0.1) is 10.1 Å². The van der Waals surface area contributed by atoms with Gasteiger partial charge in [0.2, 0.25) is 0 Å². The first kappa shape index (κ1) is 17.4. The van der Waals surface area contributed by atoms with Gasteiger partial charge in [-0.15, -0.1) is 0 Å². The van der Waals surface area contributed by atoms with E-state index in [-0.39, 0.29) is 17.5 Å². The van der Waals surface area contributed by atoms with Crippen molar-refractivity contribution in [2.75, 3.05) is 18.4 Å². The number of nitro groups is 1. The molecule has 0 aromatic heterocycles. The lowest BCUT2D eigenvalue weighted by atomic mass is 10.0.